The summed E-state index contributed by atoms with van der Waals surface area (Å²) in [6, 6.07) is 7.96. The van der Waals surface area contributed by atoms with Crippen molar-refractivity contribution >= 4 is 43.7 Å². The van der Waals surface area contributed by atoms with Crippen LogP contribution in [0.15, 0.2) is 44.2 Å². The molecule has 0 unspecified atom stereocenters. The van der Waals surface area contributed by atoms with Crippen LogP contribution < -0.4 is 20.3 Å². The fraction of sp³-hybridized carbons (Fsp3) is 0.500. The minimum absolute atomic E-state index is 0.271. The molecule has 1 aliphatic heterocycles. The standard InChI is InChI=1S/C18H27N5O2S3/c1-2-19-18(20-9-10-21-28(24,25)17-6-4-14-27-17)22-15-7-11-23(12-8-15)16-5-3-13-26-16/h3-6,13-15,21H,2,7-12H2,1H3,(H2,19,20,22). The second kappa shape index (κ2) is 10.2. The third kappa shape index (κ3) is 5.94. The van der Waals surface area contributed by atoms with Gasteiger partial charge in [-0.1, -0.05) is 6.07 Å². The van der Waals surface area contributed by atoms with E-state index in [2.05, 4.69) is 42.8 Å². The van der Waals surface area contributed by atoms with Crippen molar-refractivity contribution in [3.8, 4) is 0 Å². The Morgan fingerprint density at radius 1 is 1.21 bits per heavy atom. The number of hydrogen-bond donors (Lipinski definition) is 3. The Hall–Kier alpha value is -1.62. The van der Waals surface area contributed by atoms with E-state index in [1.54, 1.807) is 28.8 Å². The van der Waals surface area contributed by atoms with Crippen LogP contribution in [0.4, 0.5) is 5.00 Å². The van der Waals surface area contributed by atoms with Gasteiger partial charge in [0.05, 0.1) is 11.5 Å². The molecule has 0 bridgehead atoms. The molecule has 0 spiro atoms. The first-order valence-electron chi connectivity index (χ1n) is 9.45. The molecule has 0 amide bonds. The third-order valence-corrected chi connectivity index (χ3v) is 8.22. The van der Waals surface area contributed by atoms with Gasteiger partial charge in [-0.25, -0.2) is 13.1 Å². The summed E-state index contributed by atoms with van der Waals surface area (Å²) in [6.45, 7) is 5.49. The van der Waals surface area contributed by atoms with Crippen LogP contribution in [-0.4, -0.2) is 53.1 Å². The van der Waals surface area contributed by atoms with E-state index in [0.717, 1.165) is 38.4 Å². The zero-order valence-corrected chi connectivity index (χ0v) is 18.4. The number of anilines is 1. The summed E-state index contributed by atoms with van der Waals surface area (Å²) in [5.74, 6) is 0.743. The quantitative estimate of drug-likeness (QED) is 0.333. The summed E-state index contributed by atoms with van der Waals surface area (Å²) in [6.07, 6.45) is 2.10. The summed E-state index contributed by atoms with van der Waals surface area (Å²) in [5, 5.41) is 11.9. The zero-order chi connectivity index (χ0) is 19.8. The van der Waals surface area contributed by atoms with Crippen molar-refractivity contribution in [2.24, 2.45) is 4.99 Å². The van der Waals surface area contributed by atoms with Crippen molar-refractivity contribution < 1.29 is 8.42 Å². The summed E-state index contributed by atoms with van der Waals surface area (Å²) in [4.78, 5) is 6.94. The van der Waals surface area contributed by atoms with Gasteiger partial charge in [-0.2, -0.15) is 0 Å². The van der Waals surface area contributed by atoms with E-state index < -0.39 is 10.0 Å². The molecule has 3 heterocycles. The van der Waals surface area contributed by atoms with E-state index in [4.69, 9.17) is 0 Å². The number of aliphatic imine (C=N–C) groups is 1. The molecule has 3 rings (SSSR count). The second-order valence-corrected chi connectivity index (χ2v) is 10.3. The number of nitrogens with zero attached hydrogens (tertiary/aromatic N) is 2. The Bertz CT molecular complexity index is 827. The van der Waals surface area contributed by atoms with Crippen molar-refractivity contribution in [1.82, 2.24) is 15.4 Å². The molecule has 0 radical (unpaired) electrons. The van der Waals surface area contributed by atoms with Crippen LogP contribution in [0.25, 0.3) is 0 Å². The monoisotopic (exact) mass is 441 g/mol. The lowest BCUT2D eigenvalue weighted by Gasteiger charge is -2.33. The van der Waals surface area contributed by atoms with E-state index >= 15 is 0 Å². The number of piperidine rings is 1. The molecule has 1 fully saturated rings. The van der Waals surface area contributed by atoms with Crippen molar-refractivity contribution in [3.63, 3.8) is 0 Å². The number of guanidine groups is 1. The average molecular weight is 442 g/mol. The Morgan fingerprint density at radius 2 is 1.96 bits per heavy atom. The molecule has 2 aromatic rings. The molecule has 0 aromatic carbocycles. The van der Waals surface area contributed by atoms with Crippen LogP contribution in [-0.2, 0) is 10.0 Å². The van der Waals surface area contributed by atoms with Crippen molar-refractivity contribution in [3.05, 3.63) is 35.0 Å². The molecule has 3 N–H and O–H groups in total. The Kier molecular flexibility index (Phi) is 7.72. The fourth-order valence-electron chi connectivity index (χ4n) is 3.04. The molecule has 7 nitrogen and oxygen atoms in total. The van der Waals surface area contributed by atoms with Gasteiger partial charge in [0, 0.05) is 32.2 Å². The number of hydrogen-bond acceptors (Lipinski definition) is 6. The number of thiophene rings is 2. The van der Waals surface area contributed by atoms with E-state index in [1.807, 2.05) is 6.92 Å². The van der Waals surface area contributed by atoms with Gasteiger partial charge < -0.3 is 15.5 Å². The molecule has 0 atom stereocenters. The summed E-state index contributed by atoms with van der Waals surface area (Å²) in [5.41, 5.74) is 0. The van der Waals surface area contributed by atoms with Gasteiger partial charge in [0.1, 0.15) is 4.21 Å². The smallest absolute Gasteiger partial charge is 0.250 e. The fourth-order valence-corrected chi connectivity index (χ4v) is 5.89. The summed E-state index contributed by atoms with van der Waals surface area (Å²) < 4.78 is 27.2. The van der Waals surface area contributed by atoms with Crippen molar-refractivity contribution in [2.45, 2.75) is 30.0 Å². The molecule has 1 aliphatic rings. The van der Waals surface area contributed by atoms with E-state index in [9.17, 15) is 8.42 Å². The van der Waals surface area contributed by atoms with E-state index in [0.29, 0.717) is 16.8 Å². The van der Waals surface area contributed by atoms with Crippen LogP contribution in [0.3, 0.4) is 0 Å². The topological polar surface area (TPSA) is 85.8 Å². The second-order valence-electron chi connectivity index (χ2n) is 6.45. The van der Waals surface area contributed by atoms with Gasteiger partial charge >= 0.3 is 0 Å². The highest BCUT2D eigenvalue weighted by Crippen LogP contribution is 2.24. The highest BCUT2D eigenvalue weighted by molar-refractivity contribution is 7.91. The SMILES string of the molecule is CCNC(=NCCNS(=O)(=O)c1cccs1)NC1CCN(c2cccs2)CC1. The van der Waals surface area contributed by atoms with Gasteiger partial charge in [0.15, 0.2) is 5.96 Å². The van der Waals surface area contributed by atoms with Gasteiger partial charge in [-0.15, -0.1) is 22.7 Å². The van der Waals surface area contributed by atoms with Crippen LogP contribution in [0.1, 0.15) is 19.8 Å². The predicted molar refractivity (Wildman–Crippen MR) is 118 cm³/mol. The minimum atomic E-state index is -3.43. The lowest BCUT2D eigenvalue weighted by Crippen LogP contribution is -2.48. The Balaban J connectivity index is 1.45. The van der Waals surface area contributed by atoms with Gasteiger partial charge in [0.25, 0.3) is 0 Å². The molecule has 28 heavy (non-hydrogen) atoms. The van der Waals surface area contributed by atoms with E-state index in [-0.39, 0.29) is 6.54 Å². The molecule has 0 aliphatic carbocycles. The Morgan fingerprint density at radius 3 is 2.61 bits per heavy atom. The van der Waals surface area contributed by atoms with Gasteiger partial charge in [-0.3, -0.25) is 4.99 Å². The lowest BCUT2D eigenvalue weighted by molar-refractivity contribution is 0.463. The molecule has 0 saturated carbocycles. The first-order valence-corrected chi connectivity index (χ1v) is 12.7. The van der Waals surface area contributed by atoms with Crippen LogP contribution >= 0.6 is 22.7 Å². The maximum atomic E-state index is 12.1. The molecular formula is C18H27N5O2S3. The maximum absolute atomic E-state index is 12.1. The largest absolute Gasteiger partial charge is 0.363 e. The number of rotatable bonds is 8. The number of nitrogens with one attached hydrogen (secondary N) is 3. The highest BCUT2D eigenvalue weighted by Gasteiger charge is 2.20. The van der Waals surface area contributed by atoms with Crippen LogP contribution in [0, 0.1) is 0 Å². The number of sulfonamides is 1. The Labute approximate surface area is 174 Å². The minimum Gasteiger partial charge on any atom is -0.363 e. The van der Waals surface area contributed by atoms with Crippen molar-refractivity contribution in [2.75, 3.05) is 37.6 Å². The van der Waals surface area contributed by atoms with Crippen LogP contribution in [0.2, 0.25) is 0 Å². The highest BCUT2D eigenvalue weighted by atomic mass is 32.2. The van der Waals surface area contributed by atoms with Gasteiger partial charge in [0.2, 0.25) is 10.0 Å². The van der Waals surface area contributed by atoms with E-state index in [1.165, 1.54) is 16.3 Å². The van der Waals surface area contributed by atoms with Crippen LogP contribution in [0.5, 0.6) is 0 Å². The summed E-state index contributed by atoms with van der Waals surface area (Å²) in [7, 11) is -3.43. The molecule has 2 aromatic heterocycles. The first kappa shape index (κ1) is 21.1. The van der Waals surface area contributed by atoms with Gasteiger partial charge in [-0.05, 0) is 48.7 Å². The normalized spacial score (nSPS) is 16.3. The lowest BCUT2D eigenvalue weighted by atomic mass is 10.1. The third-order valence-electron chi connectivity index (χ3n) is 4.43. The average Bonchev–Trinajstić information content (AvgIpc) is 3.40. The molecular weight excluding hydrogens is 414 g/mol. The predicted octanol–water partition coefficient (Wildman–Crippen LogP) is 2.31. The molecule has 154 valence electrons. The summed E-state index contributed by atoms with van der Waals surface area (Å²) >= 11 is 2.99. The van der Waals surface area contributed by atoms with Crippen molar-refractivity contribution in [1.29, 1.82) is 0 Å². The molecule has 1 saturated heterocycles. The first-order chi connectivity index (χ1) is 13.6. The molecule has 10 heteroatoms. The zero-order valence-electron chi connectivity index (χ0n) is 15.9. The maximum Gasteiger partial charge on any atom is 0.250 e.